The van der Waals surface area contributed by atoms with Gasteiger partial charge in [-0.05, 0) is 44.9 Å². The minimum absolute atomic E-state index is 0.0162. The van der Waals surface area contributed by atoms with Crippen molar-refractivity contribution in [2.24, 2.45) is 4.99 Å². The molecular weight excluding hydrogens is 550 g/mol. The lowest BCUT2D eigenvalue weighted by Crippen LogP contribution is -2.45. The van der Waals surface area contributed by atoms with Crippen LogP contribution in [0.15, 0.2) is 59.6 Å². The molecule has 2 aliphatic rings. The Hall–Kier alpha value is -3.05. The van der Waals surface area contributed by atoms with E-state index in [1.54, 1.807) is 20.8 Å². The molecule has 2 amide bonds. The molecule has 11 heteroatoms. The normalized spacial score (nSPS) is 21.6. The van der Waals surface area contributed by atoms with Crippen molar-refractivity contribution in [2.45, 2.75) is 69.9 Å². The quantitative estimate of drug-likeness (QED) is 0.424. The largest absolute Gasteiger partial charge is 0.494 e. The fourth-order valence-electron chi connectivity index (χ4n) is 4.60. The highest BCUT2D eigenvalue weighted by atomic mass is 32.2. The van der Waals surface area contributed by atoms with Crippen molar-refractivity contribution in [3.63, 3.8) is 0 Å². The first-order valence-corrected chi connectivity index (χ1v) is 16.2. The van der Waals surface area contributed by atoms with Gasteiger partial charge in [0.05, 0.1) is 24.2 Å². The molecular formula is C29H37N3O6S2. The SMILES string of the molecule is CCCCOc1cccc(N2C(=NC(=O)[C@H](Cc3ccccc3)NC(=O)OC(C)(C)C)S[C@@H]3CS(=O)(=O)C[C@@H]32)c1. The van der Waals surface area contributed by atoms with Gasteiger partial charge in [-0.2, -0.15) is 4.99 Å². The molecule has 9 nitrogen and oxygen atoms in total. The zero-order valence-corrected chi connectivity index (χ0v) is 25.0. The average Bonchev–Trinajstić information content (AvgIpc) is 3.34. The van der Waals surface area contributed by atoms with E-state index < -0.39 is 33.5 Å². The van der Waals surface area contributed by atoms with Crippen molar-refractivity contribution in [1.29, 1.82) is 0 Å². The third-order valence-corrected chi connectivity index (χ3v) is 9.62. The Bertz CT molecular complexity index is 1340. The van der Waals surface area contributed by atoms with E-state index in [2.05, 4.69) is 17.2 Å². The topological polar surface area (TPSA) is 114 Å². The number of anilines is 1. The molecule has 2 fully saturated rings. The number of nitrogens with one attached hydrogen (secondary N) is 1. The van der Waals surface area contributed by atoms with Crippen molar-refractivity contribution in [2.75, 3.05) is 23.0 Å². The summed E-state index contributed by atoms with van der Waals surface area (Å²) in [4.78, 5) is 32.6. The van der Waals surface area contributed by atoms with E-state index in [1.165, 1.54) is 11.8 Å². The molecule has 0 aromatic heterocycles. The molecule has 1 N–H and O–H groups in total. The van der Waals surface area contributed by atoms with E-state index in [0.717, 1.165) is 18.4 Å². The number of aliphatic imine (C=N–C) groups is 1. The van der Waals surface area contributed by atoms with Gasteiger partial charge in [0, 0.05) is 23.4 Å². The zero-order valence-electron chi connectivity index (χ0n) is 23.3. The summed E-state index contributed by atoms with van der Waals surface area (Å²) < 4.78 is 36.3. The van der Waals surface area contributed by atoms with E-state index in [-0.39, 0.29) is 29.2 Å². The van der Waals surface area contributed by atoms with Gasteiger partial charge in [-0.3, -0.25) is 4.79 Å². The number of sulfone groups is 1. The highest BCUT2D eigenvalue weighted by Crippen LogP contribution is 2.41. The molecule has 0 aliphatic carbocycles. The first-order valence-electron chi connectivity index (χ1n) is 13.5. The summed E-state index contributed by atoms with van der Waals surface area (Å²) in [5, 5.41) is 2.84. The Kier molecular flexibility index (Phi) is 9.45. The molecule has 2 aromatic rings. The number of ether oxygens (including phenoxy) is 2. The summed E-state index contributed by atoms with van der Waals surface area (Å²) in [5.41, 5.74) is 0.826. The summed E-state index contributed by atoms with van der Waals surface area (Å²) in [7, 11) is -3.22. The maximum Gasteiger partial charge on any atom is 0.408 e. The van der Waals surface area contributed by atoms with Crippen LogP contribution < -0.4 is 15.0 Å². The summed E-state index contributed by atoms with van der Waals surface area (Å²) in [6.45, 7) is 7.92. The summed E-state index contributed by atoms with van der Waals surface area (Å²) >= 11 is 1.29. The third kappa shape index (κ3) is 8.00. The van der Waals surface area contributed by atoms with Gasteiger partial charge in [-0.1, -0.05) is 61.5 Å². The fourth-order valence-corrected chi connectivity index (χ4v) is 8.52. The minimum atomic E-state index is -3.22. The van der Waals surface area contributed by atoms with E-state index >= 15 is 0 Å². The Morgan fingerprint density at radius 3 is 2.58 bits per heavy atom. The minimum Gasteiger partial charge on any atom is -0.494 e. The molecule has 4 rings (SSSR count). The monoisotopic (exact) mass is 587 g/mol. The molecule has 0 saturated carbocycles. The number of carbonyl (C=O) groups is 2. The van der Waals surface area contributed by atoms with Crippen LogP contribution in [0.3, 0.4) is 0 Å². The highest BCUT2D eigenvalue weighted by molar-refractivity contribution is 8.16. The van der Waals surface area contributed by atoms with Gasteiger partial charge < -0.3 is 19.7 Å². The first kappa shape index (κ1) is 29.9. The Labute approximate surface area is 240 Å². The second kappa shape index (κ2) is 12.6. The number of alkyl carbamates (subject to hydrolysis) is 1. The first-order chi connectivity index (χ1) is 18.9. The van der Waals surface area contributed by atoms with Gasteiger partial charge in [-0.15, -0.1) is 0 Å². The third-order valence-electron chi connectivity index (χ3n) is 6.41. The lowest BCUT2D eigenvalue weighted by atomic mass is 10.1. The number of hydrogen-bond donors (Lipinski definition) is 1. The lowest BCUT2D eigenvalue weighted by molar-refractivity contribution is -0.119. The summed E-state index contributed by atoms with van der Waals surface area (Å²) in [5.74, 6) is 0.116. The highest BCUT2D eigenvalue weighted by Gasteiger charge is 2.49. The predicted octanol–water partition coefficient (Wildman–Crippen LogP) is 4.60. The molecule has 2 heterocycles. The number of rotatable bonds is 9. The zero-order chi connectivity index (χ0) is 28.9. The molecule has 0 radical (unpaired) electrons. The maximum atomic E-state index is 13.6. The van der Waals surface area contributed by atoms with Crippen LogP contribution in [-0.2, 0) is 25.8 Å². The number of amidine groups is 1. The van der Waals surface area contributed by atoms with Crippen molar-refractivity contribution in [3.05, 3.63) is 60.2 Å². The van der Waals surface area contributed by atoms with Crippen LogP contribution in [0, 0.1) is 0 Å². The van der Waals surface area contributed by atoms with Gasteiger partial charge in [0.2, 0.25) is 0 Å². The summed E-state index contributed by atoms with van der Waals surface area (Å²) in [6, 6.07) is 15.4. The molecule has 40 heavy (non-hydrogen) atoms. The van der Waals surface area contributed by atoms with Gasteiger partial charge in [0.25, 0.3) is 5.91 Å². The molecule has 0 unspecified atom stereocenters. The smallest absolute Gasteiger partial charge is 0.408 e. The second-order valence-electron chi connectivity index (χ2n) is 11.0. The molecule has 2 aromatic carbocycles. The fraction of sp³-hybridized carbons (Fsp3) is 0.483. The molecule has 0 bridgehead atoms. The van der Waals surface area contributed by atoms with Gasteiger partial charge >= 0.3 is 6.09 Å². The Morgan fingerprint density at radius 2 is 1.88 bits per heavy atom. The average molecular weight is 588 g/mol. The Balaban J connectivity index is 1.64. The van der Waals surface area contributed by atoms with Crippen molar-refractivity contribution in [1.82, 2.24) is 5.32 Å². The second-order valence-corrected chi connectivity index (χ2v) is 14.4. The maximum absolute atomic E-state index is 13.6. The number of fused-ring (bicyclic) bond motifs is 1. The van der Waals surface area contributed by atoms with Gasteiger partial charge in [0.15, 0.2) is 15.0 Å². The lowest BCUT2D eigenvalue weighted by Gasteiger charge is -2.26. The van der Waals surface area contributed by atoms with E-state index in [1.807, 2.05) is 59.5 Å². The van der Waals surface area contributed by atoms with Gasteiger partial charge in [0.1, 0.15) is 17.4 Å². The van der Waals surface area contributed by atoms with E-state index in [9.17, 15) is 18.0 Å². The number of amides is 2. The van der Waals surface area contributed by atoms with Crippen LogP contribution in [0.5, 0.6) is 5.75 Å². The van der Waals surface area contributed by atoms with Crippen LogP contribution in [0.4, 0.5) is 10.5 Å². The standard InChI is InChI=1S/C29H37N3O6S2/c1-5-6-15-37-22-14-10-13-21(17-22)32-24-18-40(35,36)19-25(24)39-27(32)31-26(33)23(16-20-11-8-7-9-12-20)30-28(34)38-29(2,3)4/h7-14,17,23-25H,5-6,15-16,18-19H2,1-4H3,(H,30,34)/t23-,24-,25+/m0/s1. The number of carbonyl (C=O) groups excluding carboxylic acids is 2. The number of hydrogen-bond acceptors (Lipinski definition) is 7. The number of thioether (sulfide) groups is 1. The van der Waals surface area contributed by atoms with Crippen LogP contribution in [0.25, 0.3) is 0 Å². The van der Waals surface area contributed by atoms with Crippen LogP contribution >= 0.6 is 11.8 Å². The van der Waals surface area contributed by atoms with Crippen molar-refractivity contribution < 1.29 is 27.5 Å². The van der Waals surface area contributed by atoms with E-state index in [4.69, 9.17) is 9.47 Å². The predicted molar refractivity (Wildman–Crippen MR) is 159 cm³/mol. The van der Waals surface area contributed by atoms with Crippen molar-refractivity contribution in [3.8, 4) is 5.75 Å². The number of unbranched alkanes of at least 4 members (excludes halogenated alkanes) is 1. The van der Waals surface area contributed by atoms with Crippen molar-refractivity contribution >= 4 is 44.5 Å². The number of nitrogens with zero attached hydrogens (tertiary/aromatic N) is 2. The number of benzene rings is 2. The molecule has 2 saturated heterocycles. The molecule has 0 spiro atoms. The van der Waals surface area contributed by atoms with Crippen LogP contribution in [0.2, 0.25) is 0 Å². The Morgan fingerprint density at radius 1 is 1.12 bits per heavy atom. The summed E-state index contributed by atoms with van der Waals surface area (Å²) in [6.07, 6.45) is 1.44. The molecule has 3 atom stereocenters. The van der Waals surface area contributed by atoms with Crippen LogP contribution in [-0.4, -0.2) is 66.6 Å². The van der Waals surface area contributed by atoms with Crippen LogP contribution in [0.1, 0.15) is 46.1 Å². The van der Waals surface area contributed by atoms with E-state index in [0.29, 0.717) is 23.2 Å². The van der Waals surface area contributed by atoms with Gasteiger partial charge in [-0.25, -0.2) is 13.2 Å². The molecule has 216 valence electrons. The molecule has 2 aliphatic heterocycles.